The fourth-order valence-electron chi connectivity index (χ4n) is 3.14. The van der Waals surface area contributed by atoms with Crippen molar-refractivity contribution in [1.29, 1.82) is 0 Å². The van der Waals surface area contributed by atoms with E-state index in [9.17, 15) is 18.0 Å². The standard InChI is InChI=1S/C20H22F3N3O2/c1-2-28-16-9-7-15(8-10-16)24-19(27)26-13-11-25(12-14-26)18-6-4-3-5-17(18)20(21,22)23/h3-10H,2,11-14H2,1H3,(H,24,27). The van der Waals surface area contributed by atoms with E-state index in [1.54, 1.807) is 40.1 Å². The highest BCUT2D eigenvalue weighted by atomic mass is 19.4. The summed E-state index contributed by atoms with van der Waals surface area (Å²) in [5.41, 5.74) is 0.141. The normalized spacial score (nSPS) is 14.7. The van der Waals surface area contributed by atoms with Gasteiger partial charge in [-0.25, -0.2) is 4.79 Å². The molecule has 0 spiro atoms. The number of nitrogens with one attached hydrogen (secondary N) is 1. The number of anilines is 2. The Morgan fingerprint density at radius 3 is 2.29 bits per heavy atom. The van der Waals surface area contributed by atoms with Crippen molar-refractivity contribution in [3.05, 3.63) is 54.1 Å². The number of piperazine rings is 1. The third-order valence-electron chi connectivity index (χ3n) is 4.53. The zero-order valence-electron chi connectivity index (χ0n) is 15.5. The van der Waals surface area contributed by atoms with Crippen molar-refractivity contribution >= 4 is 17.4 Å². The van der Waals surface area contributed by atoms with E-state index < -0.39 is 11.7 Å². The van der Waals surface area contributed by atoms with Gasteiger partial charge in [-0.2, -0.15) is 13.2 Å². The number of urea groups is 1. The molecule has 1 fully saturated rings. The van der Waals surface area contributed by atoms with Crippen LogP contribution in [0.15, 0.2) is 48.5 Å². The Hall–Kier alpha value is -2.90. The van der Waals surface area contributed by atoms with Gasteiger partial charge in [-0.15, -0.1) is 0 Å². The summed E-state index contributed by atoms with van der Waals surface area (Å²) in [5, 5.41) is 2.80. The number of halogens is 3. The van der Waals surface area contributed by atoms with Crippen LogP contribution in [0.4, 0.5) is 29.3 Å². The van der Waals surface area contributed by atoms with Crippen LogP contribution in [-0.4, -0.2) is 43.7 Å². The van der Waals surface area contributed by atoms with Crippen LogP contribution in [0.3, 0.4) is 0 Å². The summed E-state index contributed by atoms with van der Waals surface area (Å²) < 4.78 is 45.0. The second-order valence-electron chi connectivity index (χ2n) is 6.38. The number of carbonyl (C=O) groups is 1. The van der Waals surface area contributed by atoms with Gasteiger partial charge in [-0.3, -0.25) is 0 Å². The molecule has 0 radical (unpaired) electrons. The molecule has 2 amide bonds. The third-order valence-corrected chi connectivity index (χ3v) is 4.53. The van der Waals surface area contributed by atoms with Crippen LogP contribution in [0.1, 0.15) is 12.5 Å². The monoisotopic (exact) mass is 393 g/mol. The van der Waals surface area contributed by atoms with Crippen molar-refractivity contribution in [2.75, 3.05) is 43.0 Å². The van der Waals surface area contributed by atoms with E-state index in [0.717, 1.165) is 11.8 Å². The molecule has 2 aromatic rings. The number of hydrogen-bond acceptors (Lipinski definition) is 3. The molecule has 0 saturated carbocycles. The minimum absolute atomic E-state index is 0.154. The number of ether oxygens (including phenoxy) is 1. The summed E-state index contributed by atoms with van der Waals surface area (Å²) in [7, 11) is 0. The summed E-state index contributed by atoms with van der Waals surface area (Å²) in [5.74, 6) is 0.720. The number of hydrogen-bond donors (Lipinski definition) is 1. The first-order valence-corrected chi connectivity index (χ1v) is 9.08. The minimum Gasteiger partial charge on any atom is -0.494 e. The van der Waals surface area contributed by atoms with Gasteiger partial charge in [0, 0.05) is 37.6 Å². The second kappa shape index (κ2) is 8.41. The van der Waals surface area contributed by atoms with Gasteiger partial charge in [-0.1, -0.05) is 12.1 Å². The fraction of sp³-hybridized carbons (Fsp3) is 0.350. The van der Waals surface area contributed by atoms with Crippen LogP contribution in [-0.2, 0) is 6.18 Å². The van der Waals surface area contributed by atoms with Gasteiger partial charge < -0.3 is 19.9 Å². The van der Waals surface area contributed by atoms with Crippen molar-refractivity contribution in [3.63, 3.8) is 0 Å². The molecule has 3 rings (SSSR count). The zero-order valence-corrected chi connectivity index (χ0v) is 15.5. The molecule has 0 atom stereocenters. The Morgan fingerprint density at radius 1 is 1.04 bits per heavy atom. The molecule has 1 aliphatic rings. The zero-order chi connectivity index (χ0) is 20.1. The Morgan fingerprint density at radius 2 is 1.68 bits per heavy atom. The SMILES string of the molecule is CCOc1ccc(NC(=O)N2CCN(c3ccccc3C(F)(F)F)CC2)cc1. The first-order chi connectivity index (χ1) is 13.4. The maximum Gasteiger partial charge on any atom is 0.418 e. The van der Waals surface area contributed by atoms with Crippen LogP contribution >= 0.6 is 0 Å². The summed E-state index contributed by atoms with van der Waals surface area (Å²) in [4.78, 5) is 15.7. The lowest BCUT2D eigenvalue weighted by atomic mass is 10.1. The molecule has 1 N–H and O–H groups in total. The molecule has 5 nitrogen and oxygen atoms in total. The molecule has 28 heavy (non-hydrogen) atoms. The van der Waals surface area contributed by atoms with E-state index in [0.29, 0.717) is 38.5 Å². The molecule has 0 bridgehead atoms. The van der Waals surface area contributed by atoms with Crippen LogP contribution in [0.25, 0.3) is 0 Å². The average Bonchev–Trinajstić information content (AvgIpc) is 2.69. The molecule has 0 unspecified atom stereocenters. The minimum atomic E-state index is -4.40. The molecule has 1 aliphatic heterocycles. The lowest BCUT2D eigenvalue weighted by Gasteiger charge is -2.37. The summed E-state index contributed by atoms with van der Waals surface area (Å²) in [6.45, 7) is 3.81. The number of nitrogens with zero attached hydrogens (tertiary/aromatic N) is 2. The van der Waals surface area contributed by atoms with E-state index in [1.807, 2.05) is 6.92 Å². The van der Waals surface area contributed by atoms with Gasteiger partial charge in [-0.05, 0) is 43.3 Å². The lowest BCUT2D eigenvalue weighted by molar-refractivity contribution is -0.137. The Labute approximate surface area is 161 Å². The quantitative estimate of drug-likeness (QED) is 0.834. The number of para-hydroxylation sites is 1. The molecular formula is C20H22F3N3O2. The molecule has 2 aromatic carbocycles. The van der Waals surface area contributed by atoms with Crippen molar-refractivity contribution in [2.45, 2.75) is 13.1 Å². The van der Waals surface area contributed by atoms with Crippen molar-refractivity contribution in [2.24, 2.45) is 0 Å². The smallest absolute Gasteiger partial charge is 0.418 e. The Kier molecular flexibility index (Phi) is 5.96. The fourth-order valence-corrected chi connectivity index (χ4v) is 3.14. The van der Waals surface area contributed by atoms with E-state index in [2.05, 4.69) is 5.32 Å². The van der Waals surface area contributed by atoms with Gasteiger partial charge in [0.2, 0.25) is 0 Å². The van der Waals surface area contributed by atoms with Crippen molar-refractivity contribution in [3.8, 4) is 5.75 Å². The highest BCUT2D eigenvalue weighted by Crippen LogP contribution is 2.36. The van der Waals surface area contributed by atoms with Crippen LogP contribution in [0.5, 0.6) is 5.75 Å². The molecule has 150 valence electrons. The van der Waals surface area contributed by atoms with Gasteiger partial charge in [0.15, 0.2) is 0 Å². The molecular weight excluding hydrogens is 371 g/mol. The largest absolute Gasteiger partial charge is 0.494 e. The first kappa shape index (κ1) is 19.9. The second-order valence-corrected chi connectivity index (χ2v) is 6.38. The van der Waals surface area contributed by atoms with Gasteiger partial charge in [0.25, 0.3) is 0 Å². The number of benzene rings is 2. The topological polar surface area (TPSA) is 44.8 Å². The predicted molar refractivity (Wildman–Crippen MR) is 102 cm³/mol. The first-order valence-electron chi connectivity index (χ1n) is 9.08. The molecule has 1 heterocycles. The maximum atomic E-state index is 13.2. The Bertz CT molecular complexity index is 801. The molecule has 0 aliphatic carbocycles. The highest BCUT2D eigenvalue weighted by Gasteiger charge is 2.35. The van der Waals surface area contributed by atoms with Crippen LogP contribution < -0.4 is 15.0 Å². The summed E-state index contributed by atoms with van der Waals surface area (Å²) in [6.07, 6.45) is -4.40. The molecule has 0 aromatic heterocycles. The van der Waals surface area contributed by atoms with E-state index in [-0.39, 0.29) is 11.7 Å². The highest BCUT2D eigenvalue weighted by molar-refractivity contribution is 5.89. The summed E-state index contributed by atoms with van der Waals surface area (Å²) in [6, 6.07) is 12.3. The van der Waals surface area contributed by atoms with Gasteiger partial charge in [0.1, 0.15) is 5.75 Å². The lowest BCUT2D eigenvalue weighted by Crippen LogP contribution is -2.50. The number of alkyl halides is 3. The number of carbonyl (C=O) groups excluding carboxylic acids is 1. The van der Waals surface area contributed by atoms with E-state index in [1.165, 1.54) is 12.1 Å². The van der Waals surface area contributed by atoms with Crippen LogP contribution in [0, 0.1) is 0 Å². The molecule has 1 saturated heterocycles. The number of rotatable bonds is 4. The molecule has 8 heteroatoms. The number of amides is 2. The maximum absolute atomic E-state index is 13.2. The third kappa shape index (κ3) is 4.68. The van der Waals surface area contributed by atoms with Gasteiger partial charge in [0.05, 0.1) is 12.2 Å². The predicted octanol–water partition coefficient (Wildman–Crippen LogP) is 4.46. The Balaban J connectivity index is 1.59. The average molecular weight is 393 g/mol. The van der Waals surface area contributed by atoms with E-state index >= 15 is 0 Å². The summed E-state index contributed by atoms with van der Waals surface area (Å²) >= 11 is 0. The van der Waals surface area contributed by atoms with Crippen molar-refractivity contribution < 1.29 is 22.7 Å². The van der Waals surface area contributed by atoms with E-state index in [4.69, 9.17) is 4.74 Å². The van der Waals surface area contributed by atoms with Gasteiger partial charge >= 0.3 is 12.2 Å². The van der Waals surface area contributed by atoms with Crippen molar-refractivity contribution in [1.82, 2.24) is 4.90 Å². The van der Waals surface area contributed by atoms with Crippen LogP contribution in [0.2, 0.25) is 0 Å².